The van der Waals surface area contributed by atoms with Crippen molar-refractivity contribution in [2.24, 2.45) is 0 Å². The zero-order chi connectivity index (χ0) is 19.7. The van der Waals surface area contributed by atoms with E-state index in [4.69, 9.17) is 10.2 Å². The molecule has 0 aliphatic heterocycles. The first-order valence-electron chi connectivity index (χ1n) is 8.04. The summed E-state index contributed by atoms with van der Waals surface area (Å²) in [6, 6.07) is 14.3. The molecule has 2 aromatic carbocycles. The summed E-state index contributed by atoms with van der Waals surface area (Å²) in [4.78, 5) is 22.4. The Morgan fingerprint density at radius 1 is 0.643 bits per heavy atom. The molecule has 0 atom stereocenters. The van der Waals surface area contributed by atoms with Crippen molar-refractivity contribution < 1.29 is 19.8 Å². The maximum Gasteiger partial charge on any atom is 0.356 e. The minimum Gasteiger partial charge on any atom is -0.476 e. The second-order valence-corrected chi connectivity index (χ2v) is 5.77. The third-order valence-corrected chi connectivity index (χ3v) is 4.09. The maximum absolute atomic E-state index is 11.2. The Bertz CT molecular complexity index is 1070. The average Bonchev–Trinajstić information content (AvgIpc) is 3.38. The summed E-state index contributed by atoms with van der Waals surface area (Å²) < 4.78 is 2.49. The maximum atomic E-state index is 11.2. The van der Waals surface area contributed by atoms with E-state index < -0.39 is 11.9 Å². The van der Waals surface area contributed by atoms with Gasteiger partial charge < -0.3 is 10.2 Å². The van der Waals surface area contributed by atoms with Crippen LogP contribution in [0.2, 0.25) is 0 Å². The van der Waals surface area contributed by atoms with E-state index in [0.717, 1.165) is 11.1 Å². The average molecular weight is 376 g/mol. The lowest BCUT2D eigenvalue weighted by atomic mass is 10.0. The van der Waals surface area contributed by atoms with Gasteiger partial charge in [0.25, 0.3) is 0 Å². The molecule has 10 nitrogen and oxygen atoms in total. The van der Waals surface area contributed by atoms with Gasteiger partial charge in [-0.15, -0.1) is 10.2 Å². The molecule has 2 N–H and O–H groups in total. The number of hydrogen-bond acceptors (Lipinski definition) is 6. The van der Waals surface area contributed by atoms with Crippen molar-refractivity contribution in [1.29, 1.82) is 0 Å². The lowest BCUT2D eigenvalue weighted by Gasteiger charge is -2.07. The highest BCUT2D eigenvalue weighted by Gasteiger charge is 2.14. The van der Waals surface area contributed by atoms with Gasteiger partial charge in [0, 0.05) is 0 Å². The molecule has 0 radical (unpaired) electrons. The van der Waals surface area contributed by atoms with Crippen LogP contribution >= 0.6 is 0 Å². The molecule has 0 bridgehead atoms. The fourth-order valence-corrected chi connectivity index (χ4v) is 2.73. The van der Waals surface area contributed by atoms with E-state index in [0.29, 0.717) is 11.4 Å². The van der Waals surface area contributed by atoms with Crippen LogP contribution in [0.15, 0.2) is 60.9 Å². The number of carboxylic acid groups (broad SMARTS) is 2. The van der Waals surface area contributed by atoms with Crippen LogP contribution in [0.1, 0.15) is 21.0 Å². The Kier molecular flexibility index (Phi) is 4.13. The normalized spacial score (nSPS) is 10.7. The molecule has 2 aromatic heterocycles. The summed E-state index contributed by atoms with van der Waals surface area (Å²) in [5.41, 5.74) is 2.87. The van der Waals surface area contributed by atoms with E-state index in [-0.39, 0.29) is 11.4 Å². The lowest BCUT2D eigenvalue weighted by Crippen LogP contribution is -2.08. The first kappa shape index (κ1) is 17.1. The van der Waals surface area contributed by atoms with Crippen molar-refractivity contribution in [3.05, 3.63) is 72.3 Å². The Balaban J connectivity index is 1.61. The van der Waals surface area contributed by atoms with E-state index in [1.807, 2.05) is 24.3 Å². The fraction of sp³-hybridized carbons (Fsp3) is 0. The molecule has 0 unspecified atom stereocenters. The van der Waals surface area contributed by atoms with Gasteiger partial charge in [0.05, 0.1) is 23.8 Å². The number of aromatic carboxylic acids is 2. The smallest absolute Gasteiger partial charge is 0.356 e. The SMILES string of the molecule is O=C(O)c1cnnn1-c1ccc(-c2ccc(-n3nncc3C(=O)O)cc2)cc1. The summed E-state index contributed by atoms with van der Waals surface area (Å²) in [6.45, 7) is 0. The highest BCUT2D eigenvalue weighted by molar-refractivity contribution is 5.86. The molecule has 4 aromatic rings. The van der Waals surface area contributed by atoms with Crippen LogP contribution in [0.3, 0.4) is 0 Å². The second kappa shape index (κ2) is 6.76. The van der Waals surface area contributed by atoms with Crippen LogP contribution in [-0.4, -0.2) is 52.1 Å². The molecule has 4 rings (SSSR count). The predicted molar refractivity (Wildman–Crippen MR) is 95.6 cm³/mol. The van der Waals surface area contributed by atoms with Gasteiger partial charge in [-0.2, -0.15) is 0 Å². The monoisotopic (exact) mass is 376 g/mol. The minimum atomic E-state index is -1.11. The van der Waals surface area contributed by atoms with Crippen molar-refractivity contribution >= 4 is 11.9 Å². The Morgan fingerprint density at radius 3 is 1.32 bits per heavy atom. The second-order valence-electron chi connectivity index (χ2n) is 5.77. The third-order valence-electron chi connectivity index (χ3n) is 4.09. The van der Waals surface area contributed by atoms with E-state index in [2.05, 4.69) is 20.6 Å². The van der Waals surface area contributed by atoms with Gasteiger partial charge in [-0.05, 0) is 35.4 Å². The topological polar surface area (TPSA) is 136 Å². The molecule has 0 aliphatic rings. The molecule has 2 heterocycles. The van der Waals surface area contributed by atoms with Gasteiger partial charge in [0.1, 0.15) is 0 Å². The van der Waals surface area contributed by atoms with E-state index in [9.17, 15) is 9.59 Å². The summed E-state index contributed by atoms with van der Waals surface area (Å²) in [7, 11) is 0. The molecule has 0 saturated heterocycles. The molecule has 0 saturated carbocycles. The van der Waals surface area contributed by atoms with Gasteiger partial charge in [-0.3, -0.25) is 0 Å². The van der Waals surface area contributed by atoms with Crippen LogP contribution < -0.4 is 0 Å². The fourth-order valence-electron chi connectivity index (χ4n) is 2.73. The van der Waals surface area contributed by atoms with E-state index in [1.165, 1.54) is 21.8 Å². The van der Waals surface area contributed by atoms with Gasteiger partial charge in [0.2, 0.25) is 0 Å². The summed E-state index contributed by atoms with van der Waals surface area (Å²) in [5.74, 6) is -2.22. The number of benzene rings is 2. The molecule has 28 heavy (non-hydrogen) atoms. The van der Waals surface area contributed by atoms with E-state index in [1.54, 1.807) is 24.3 Å². The Labute approximate surface area is 157 Å². The minimum absolute atomic E-state index is 0.0285. The predicted octanol–water partition coefficient (Wildman–Crippen LogP) is 1.91. The van der Waals surface area contributed by atoms with Crippen LogP contribution in [0.5, 0.6) is 0 Å². The Hall–Kier alpha value is -4.34. The van der Waals surface area contributed by atoms with Crippen LogP contribution in [0.25, 0.3) is 22.5 Å². The molecular formula is C18H12N6O4. The first-order valence-corrected chi connectivity index (χ1v) is 8.04. The summed E-state index contributed by atoms with van der Waals surface area (Å²) >= 11 is 0. The molecule has 0 aliphatic carbocycles. The van der Waals surface area contributed by atoms with Gasteiger partial charge in [0.15, 0.2) is 11.4 Å². The van der Waals surface area contributed by atoms with Crippen molar-refractivity contribution in [1.82, 2.24) is 30.0 Å². The summed E-state index contributed by atoms with van der Waals surface area (Å²) in [6.07, 6.45) is 2.37. The van der Waals surface area contributed by atoms with Crippen LogP contribution in [-0.2, 0) is 0 Å². The number of rotatable bonds is 5. The molecule has 0 fully saturated rings. The quantitative estimate of drug-likeness (QED) is 0.539. The van der Waals surface area contributed by atoms with Crippen LogP contribution in [0.4, 0.5) is 0 Å². The number of carbonyl (C=O) groups is 2. The molecule has 0 amide bonds. The largest absolute Gasteiger partial charge is 0.476 e. The van der Waals surface area contributed by atoms with Crippen molar-refractivity contribution in [3.8, 4) is 22.5 Å². The molecule has 0 spiro atoms. The van der Waals surface area contributed by atoms with E-state index >= 15 is 0 Å². The molecule has 10 heteroatoms. The number of hydrogen-bond donors (Lipinski definition) is 2. The van der Waals surface area contributed by atoms with Gasteiger partial charge >= 0.3 is 11.9 Å². The van der Waals surface area contributed by atoms with Crippen molar-refractivity contribution in [2.45, 2.75) is 0 Å². The van der Waals surface area contributed by atoms with Crippen LogP contribution in [0, 0.1) is 0 Å². The highest BCUT2D eigenvalue weighted by Crippen LogP contribution is 2.23. The number of carboxylic acids is 2. The number of aromatic nitrogens is 6. The number of nitrogens with zero attached hydrogens (tertiary/aromatic N) is 6. The van der Waals surface area contributed by atoms with Crippen molar-refractivity contribution in [2.75, 3.05) is 0 Å². The zero-order valence-corrected chi connectivity index (χ0v) is 14.2. The molecular weight excluding hydrogens is 364 g/mol. The standard InChI is InChI=1S/C18H12N6O4/c25-17(26)15-9-19-21-23(15)13-5-1-11(2-6-13)12-3-7-14(8-4-12)24-16(18(27)28)10-20-22-24/h1-10H,(H,25,26)(H,27,28). The summed E-state index contributed by atoms with van der Waals surface area (Å²) in [5, 5.41) is 33.2. The lowest BCUT2D eigenvalue weighted by molar-refractivity contribution is 0.0676. The first-order chi connectivity index (χ1) is 13.5. The Morgan fingerprint density at radius 2 is 1.00 bits per heavy atom. The highest BCUT2D eigenvalue weighted by atomic mass is 16.4. The van der Waals surface area contributed by atoms with Gasteiger partial charge in [-0.1, -0.05) is 34.7 Å². The van der Waals surface area contributed by atoms with Gasteiger partial charge in [-0.25, -0.2) is 19.0 Å². The zero-order valence-electron chi connectivity index (χ0n) is 14.2. The third kappa shape index (κ3) is 2.98. The molecule has 138 valence electrons. The van der Waals surface area contributed by atoms with Crippen molar-refractivity contribution in [3.63, 3.8) is 0 Å².